The molecule has 3 unspecified atom stereocenters. The fourth-order valence-electron chi connectivity index (χ4n) is 4.36. The van der Waals surface area contributed by atoms with E-state index < -0.39 is 51.8 Å². The number of phosphoric ester groups is 1. The first-order chi connectivity index (χ1) is 22.2. The number of hydrogen-bond donors (Lipinski definition) is 3. The maximum Gasteiger partial charge on any atom is 0.472 e. The van der Waals surface area contributed by atoms with E-state index in [4.69, 9.17) is 19.1 Å². The van der Waals surface area contributed by atoms with Gasteiger partial charge in [0, 0.05) is 12.8 Å². The van der Waals surface area contributed by atoms with Crippen molar-refractivity contribution < 1.29 is 47.8 Å². The summed E-state index contributed by atoms with van der Waals surface area (Å²) in [6.45, 7) is 2.15. The molecule has 0 aliphatic carbocycles. The molecule has 0 amide bonds. The number of carbonyl (C=O) groups is 2. The predicted molar refractivity (Wildman–Crippen MR) is 182 cm³/mol. The highest BCUT2D eigenvalue weighted by molar-refractivity contribution is 7.47. The zero-order valence-corrected chi connectivity index (χ0v) is 29.4. The van der Waals surface area contributed by atoms with Crippen LogP contribution in [0.25, 0.3) is 0 Å². The van der Waals surface area contributed by atoms with Crippen molar-refractivity contribution in [3.8, 4) is 0 Å². The van der Waals surface area contributed by atoms with Crippen molar-refractivity contribution in [3.05, 3.63) is 36.5 Å². The van der Waals surface area contributed by atoms with Crippen LogP contribution in [0.3, 0.4) is 0 Å². The molecule has 0 aromatic rings. The molecule has 3 atom stereocenters. The number of aliphatic hydroxyl groups is 2. The molecular formula is C35H63O10P. The van der Waals surface area contributed by atoms with E-state index >= 15 is 0 Å². The number of unbranched alkanes of at least 4 members (excludes halogenated alkanes) is 12. The second-order valence-corrected chi connectivity index (χ2v) is 13.0. The van der Waals surface area contributed by atoms with Crippen LogP contribution in [-0.2, 0) is 32.7 Å². The zero-order chi connectivity index (χ0) is 34.1. The summed E-state index contributed by atoms with van der Waals surface area (Å²) in [7, 11) is -4.60. The van der Waals surface area contributed by atoms with Crippen molar-refractivity contribution in [1.82, 2.24) is 0 Å². The SMILES string of the molecule is CC/C=C\C/C=C\C/C=C\CCCCCCCCCC(=O)OC(COC(=O)CCCCCCCC)COP(=O)(O)OCC(O)CO. The molecule has 0 radical (unpaired) electrons. The van der Waals surface area contributed by atoms with Crippen LogP contribution in [-0.4, -0.2) is 65.7 Å². The number of esters is 2. The summed E-state index contributed by atoms with van der Waals surface area (Å²) in [6.07, 6.45) is 28.6. The fourth-order valence-corrected chi connectivity index (χ4v) is 5.15. The first-order valence-corrected chi connectivity index (χ1v) is 18.9. The van der Waals surface area contributed by atoms with Crippen LogP contribution in [0.2, 0.25) is 0 Å². The quantitative estimate of drug-likeness (QED) is 0.0277. The number of hydrogen-bond acceptors (Lipinski definition) is 9. The summed E-state index contributed by atoms with van der Waals surface area (Å²) in [4.78, 5) is 34.5. The van der Waals surface area contributed by atoms with Crippen molar-refractivity contribution in [1.29, 1.82) is 0 Å². The molecule has 0 aromatic carbocycles. The van der Waals surface area contributed by atoms with Crippen LogP contribution in [0, 0.1) is 0 Å². The average Bonchev–Trinajstić information content (AvgIpc) is 3.04. The normalized spacial score (nSPS) is 14.6. The Balaban J connectivity index is 4.33. The summed E-state index contributed by atoms with van der Waals surface area (Å²) < 4.78 is 32.4. The van der Waals surface area contributed by atoms with Gasteiger partial charge >= 0.3 is 19.8 Å². The number of phosphoric acid groups is 1. The van der Waals surface area contributed by atoms with E-state index in [0.717, 1.165) is 77.0 Å². The summed E-state index contributed by atoms with van der Waals surface area (Å²) >= 11 is 0. The van der Waals surface area contributed by atoms with Gasteiger partial charge in [-0.3, -0.25) is 18.6 Å². The maximum absolute atomic E-state index is 12.5. The van der Waals surface area contributed by atoms with E-state index in [9.17, 15) is 24.2 Å². The summed E-state index contributed by atoms with van der Waals surface area (Å²) in [6, 6.07) is 0. The van der Waals surface area contributed by atoms with Gasteiger partial charge in [-0.2, -0.15) is 0 Å². The van der Waals surface area contributed by atoms with Gasteiger partial charge in [0.2, 0.25) is 0 Å². The lowest BCUT2D eigenvalue weighted by Gasteiger charge is -2.20. The number of allylic oxidation sites excluding steroid dienone is 6. The highest BCUT2D eigenvalue weighted by Crippen LogP contribution is 2.43. The molecule has 0 fully saturated rings. The van der Waals surface area contributed by atoms with Crippen molar-refractivity contribution in [2.75, 3.05) is 26.4 Å². The van der Waals surface area contributed by atoms with E-state index in [1.54, 1.807) is 0 Å². The Bertz CT molecular complexity index is 873. The molecule has 46 heavy (non-hydrogen) atoms. The maximum atomic E-state index is 12.5. The summed E-state index contributed by atoms with van der Waals surface area (Å²) in [5, 5.41) is 18.2. The van der Waals surface area contributed by atoms with Crippen molar-refractivity contribution in [3.63, 3.8) is 0 Å². The van der Waals surface area contributed by atoms with Crippen LogP contribution in [0.1, 0.15) is 136 Å². The Hall–Kier alpha value is -1.81. The second kappa shape index (κ2) is 31.8. The van der Waals surface area contributed by atoms with Gasteiger partial charge in [-0.1, -0.05) is 115 Å². The predicted octanol–water partition coefficient (Wildman–Crippen LogP) is 8.05. The number of rotatable bonds is 32. The summed E-state index contributed by atoms with van der Waals surface area (Å²) in [5.74, 6) is -0.950. The van der Waals surface area contributed by atoms with Crippen LogP contribution in [0.5, 0.6) is 0 Å². The first kappa shape index (κ1) is 44.2. The number of aliphatic hydroxyl groups excluding tert-OH is 2. The number of carbonyl (C=O) groups excluding carboxylic acids is 2. The average molecular weight is 675 g/mol. The Morgan fingerprint density at radius 3 is 1.80 bits per heavy atom. The topological polar surface area (TPSA) is 149 Å². The molecule has 0 aliphatic rings. The van der Waals surface area contributed by atoms with Gasteiger partial charge < -0.3 is 24.6 Å². The third-order valence-corrected chi connectivity index (χ3v) is 8.01. The van der Waals surface area contributed by atoms with Crippen molar-refractivity contribution in [2.45, 2.75) is 148 Å². The third-order valence-electron chi connectivity index (χ3n) is 7.06. The Kier molecular flexibility index (Phi) is 30.5. The van der Waals surface area contributed by atoms with Gasteiger partial charge in [-0.15, -0.1) is 0 Å². The Morgan fingerprint density at radius 1 is 0.674 bits per heavy atom. The lowest BCUT2D eigenvalue weighted by atomic mass is 10.1. The van der Waals surface area contributed by atoms with Crippen LogP contribution >= 0.6 is 7.82 Å². The van der Waals surface area contributed by atoms with Gasteiger partial charge in [0.15, 0.2) is 6.10 Å². The molecule has 0 rings (SSSR count). The molecular weight excluding hydrogens is 611 g/mol. The van der Waals surface area contributed by atoms with Crippen LogP contribution < -0.4 is 0 Å². The molecule has 0 aromatic heterocycles. The molecule has 0 bridgehead atoms. The Labute approximate surface area is 278 Å². The zero-order valence-electron chi connectivity index (χ0n) is 28.5. The molecule has 268 valence electrons. The second-order valence-electron chi connectivity index (χ2n) is 11.5. The molecule has 0 saturated carbocycles. The van der Waals surface area contributed by atoms with E-state index in [-0.39, 0.29) is 19.4 Å². The van der Waals surface area contributed by atoms with Gasteiger partial charge in [-0.25, -0.2) is 4.57 Å². The van der Waals surface area contributed by atoms with E-state index in [0.29, 0.717) is 12.8 Å². The molecule has 11 heteroatoms. The molecule has 3 N–H and O–H groups in total. The monoisotopic (exact) mass is 674 g/mol. The molecule has 0 saturated heterocycles. The van der Waals surface area contributed by atoms with E-state index in [1.165, 1.54) is 19.3 Å². The van der Waals surface area contributed by atoms with E-state index in [1.807, 2.05) is 0 Å². The molecule has 0 heterocycles. The minimum Gasteiger partial charge on any atom is -0.462 e. The molecule has 0 spiro atoms. The van der Waals surface area contributed by atoms with Crippen molar-refractivity contribution >= 4 is 19.8 Å². The highest BCUT2D eigenvalue weighted by atomic mass is 31.2. The van der Waals surface area contributed by atoms with Crippen LogP contribution in [0.4, 0.5) is 0 Å². The number of ether oxygens (including phenoxy) is 2. The summed E-state index contributed by atoms with van der Waals surface area (Å²) in [5.41, 5.74) is 0. The van der Waals surface area contributed by atoms with Gasteiger partial charge in [0.1, 0.15) is 12.7 Å². The molecule has 10 nitrogen and oxygen atoms in total. The lowest BCUT2D eigenvalue weighted by molar-refractivity contribution is -0.161. The highest BCUT2D eigenvalue weighted by Gasteiger charge is 2.27. The lowest BCUT2D eigenvalue weighted by Crippen LogP contribution is -2.29. The molecule has 0 aliphatic heterocycles. The van der Waals surface area contributed by atoms with E-state index in [2.05, 4.69) is 54.8 Å². The van der Waals surface area contributed by atoms with Gasteiger partial charge in [0.05, 0.1) is 19.8 Å². The third kappa shape index (κ3) is 30.8. The minimum atomic E-state index is -4.60. The van der Waals surface area contributed by atoms with Crippen LogP contribution in [0.15, 0.2) is 36.5 Å². The standard InChI is InChI=1S/C35H63O10P/c1-3-5-7-9-11-12-13-14-15-16-17-18-19-20-21-23-25-27-35(39)45-33(31-44-46(40,41)43-29-32(37)28-36)30-42-34(38)26-24-22-10-8-6-4-2/h5,7,11-12,14-15,32-33,36-37H,3-4,6,8-10,13,16-31H2,1-2H3,(H,40,41)/b7-5-,12-11-,15-14-. The Morgan fingerprint density at radius 2 is 1.20 bits per heavy atom. The van der Waals surface area contributed by atoms with Crippen molar-refractivity contribution in [2.24, 2.45) is 0 Å². The van der Waals surface area contributed by atoms with Gasteiger partial charge in [0.25, 0.3) is 0 Å². The smallest absolute Gasteiger partial charge is 0.462 e. The first-order valence-electron chi connectivity index (χ1n) is 17.4. The van der Waals surface area contributed by atoms with Gasteiger partial charge in [-0.05, 0) is 44.9 Å². The fraction of sp³-hybridized carbons (Fsp3) is 0.771. The largest absolute Gasteiger partial charge is 0.472 e. The minimum absolute atomic E-state index is 0.173.